The van der Waals surface area contributed by atoms with Crippen LogP contribution in [-0.2, 0) is 19.2 Å². The number of fused-ring (bicyclic) bond motifs is 2. The third kappa shape index (κ3) is 2.77. The van der Waals surface area contributed by atoms with Crippen molar-refractivity contribution in [3.63, 3.8) is 0 Å². The number of hydrogen-bond acceptors (Lipinski definition) is 0. The summed E-state index contributed by atoms with van der Waals surface area (Å²) < 4.78 is 35.7. The molecule has 0 heterocycles. The molecular formula is C22H23Br2F2SiZr. The van der Waals surface area contributed by atoms with Crippen molar-refractivity contribution in [3.8, 4) is 0 Å². The number of benzene rings is 2. The number of allylic oxidation sites excluding steroid dienone is 2. The zero-order valence-corrected chi connectivity index (χ0v) is 23.1. The summed E-state index contributed by atoms with van der Waals surface area (Å²) in [5, 5.41) is 0. The molecule has 0 amide bonds. The average molecular weight is 605 g/mol. The van der Waals surface area contributed by atoms with Gasteiger partial charge in [-0.1, -0.05) is 0 Å². The monoisotopic (exact) mass is 601 g/mol. The molecule has 0 bridgehead atoms. The maximum absolute atomic E-state index is 17.6. The second-order valence-electron chi connectivity index (χ2n) is 8.51. The summed E-state index contributed by atoms with van der Waals surface area (Å²) in [6.07, 6.45) is 3.98. The Balaban J connectivity index is 2.01. The summed E-state index contributed by atoms with van der Waals surface area (Å²) in [7, 11) is 0. The fraction of sp³-hybridized carbons (Fsp3) is 0.273. The Morgan fingerprint density at radius 1 is 0.786 bits per heavy atom. The molecule has 2 aromatic carbocycles. The van der Waals surface area contributed by atoms with E-state index in [9.17, 15) is 0 Å². The van der Waals surface area contributed by atoms with Gasteiger partial charge in [0.15, 0.2) is 0 Å². The van der Waals surface area contributed by atoms with Gasteiger partial charge in [-0.05, 0) is 0 Å². The summed E-state index contributed by atoms with van der Waals surface area (Å²) in [5.74, 6) is -2.28. The van der Waals surface area contributed by atoms with E-state index in [4.69, 9.17) is 0 Å². The van der Waals surface area contributed by atoms with Crippen LogP contribution in [0.4, 0.5) is 5.25 Å². The van der Waals surface area contributed by atoms with E-state index in [0.717, 1.165) is 42.3 Å². The van der Waals surface area contributed by atoms with Gasteiger partial charge in [0.25, 0.3) is 0 Å². The first-order valence-electron chi connectivity index (χ1n) is 9.57. The molecule has 0 radical (unpaired) electrons. The number of hydrogen-bond donors (Lipinski definition) is 0. The summed E-state index contributed by atoms with van der Waals surface area (Å²) in [6.45, 7) is 7.60. The van der Waals surface area contributed by atoms with Gasteiger partial charge in [-0.25, -0.2) is 0 Å². The molecule has 2 unspecified atom stereocenters. The van der Waals surface area contributed by atoms with Gasteiger partial charge in [0.2, 0.25) is 0 Å². The van der Waals surface area contributed by atoms with Gasteiger partial charge < -0.3 is 0 Å². The molecular weight excluding hydrogens is 581 g/mol. The summed E-state index contributed by atoms with van der Waals surface area (Å²) in [5.41, 5.74) is 5.25. The normalized spacial score (nSPS) is 22.4. The van der Waals surface area contributed by atoms with Crippen LogP contribution in [0.3, 0.4) is 0 Å². The zero-order chi connectivity index (χ0) is 20.5. The quantitative estimate of drug-likeness (QED) is 0.310. The molecule has 2 aromatic rings. The fourth-order valence-corrected chi connectivity index (χ4v) is 32.4. The van der Waals surface area contributed by atoms with Gasteiger partial charge in [0.05, 0.1) is 0 Å². The van der Waals surface area contributed by atoms with E-state index in [-0.39, 0.29) is 0 Å². The minimum absolute atomic E-state index is 0.695. The van der Waals surface area contributed by atoms with Gasteiger partial charge >= 0.3 is 187 Å². The van der Waals surface area contributed by atoms with Gasteiger partial charge in [0.1, 0.15) is 0 Å². The van der Waals surface area contributed by atoms with Crippen molar-refractivity contribution >= 4 is 49.9 Å². The Hall–Kier alpha value is -0.160. The molecule has 0 N–H and O–H groups in total. The van der Waals surface area contributed by atoms with Crippen LogP contribution in [0.1, 0.15) is 43.4 Å². The van der Waals surface area contributed by atoms with Crippen LogP contribution in [0.5, 0.6) is 0 Å². The van der Waals surface area contributed by atoms with E-state index in [1.165, 1.54) is 0 Å². The van der Waals surface area contributed by atoms with E-state index in [1.807, 2.05) is 75.5 Å². The first-order valence-corrected chi connectivity index (χ1v) is 23.0. The van der Waals surface area contributed by atoms with Crippen LogP contribution < -0.4 is 0 Å². The van der Waals surface area contributed by atoms with Gasteiger partial charge in [0, 0.05) is 0 Å². The molecule has 0 spiro atoms. The van der Waals surface area contributed by atoms with E-state index in [2.05, 4.69) is 31.9 Å². The molecule has 0 nitrogen and oxygen atoms in total. The molecule has 2 aliphatic rings. The summed E-state index contributed by atoms with van der Waals surface area (Å²) in [4.78, 5) is 0. The van der Waals surface area contributed by atoms with Crippen LogP contribution in [0.25, 0.3) is 12.2 Å². The molecule has 2 aliphatic carbocycles. The Bertz CT molecular complexity index is 981. The molecule has 4 rings (SSSR count). The average Bonchev–Trinajstić information content (AvgIpc) is 3.14. The maximum atomic E-state index is 17.6. The SMILES string of the molecule is CC1=Cc2c(Br)cccc2[CH]1[Zr]([F])([F])([CH]1C(C)=Cc2c(Br)cccc21)[SiH](C)C. The molecule has 6 heteroatoms. The van der Waals surface area contributed by atoms with Crippen LogP contribution in [0, 0.1) is 0 Å². The second-order valence-corrected chi connectivity index (χ2v) is 36.4. The molecule has 0 saturated heterocycles. The van der Waals surface area contributed by atoms with Crippen molar-refractivity contribution < 1.29 is 24.4 Å². The van der Waals surface area contributed by atoms with Crippen molar-refractivity contribution in [1.82, 2.24) is 0 Å². The fourth-order valence-electron chi connectivity index (χ4n) is 5.33. The van der Waals surface area contributed by atoms with E-state index in [0.29, 0.717) is 0 Å². The zero-order valence-electron chi connectivity index (χ0n) is 16.4. The second kappa shape index (κ2) is 6.93. The van der Waals surface area contributed by atoms with Crippen molar-refractivity contribution in [2.75, 3.05) is 0 Å². The topological polar surface area (TPSA) is 0 Å². The molecule has 2 atom stereocenters. The predicted octanol–water partition coefficient (Wildman–Crippen LogP) is 8.27. The molecule has 0 fully saturated rings. The standard InChI is InChI=1S/2C10H8Br.C2H7Si.2FH.Zr/c2*1-7-5-8-3-2-4-10(11)9(8)6-7;1-3-2;;;/h2*2-6H,1H3;3H,1-2H3;2*1H;/q;;;;;+2/p-2. The molecule has 0 aliphatic heterocycles. The first-order chi connectivity index (χ1) is 13.1. The Kier molecular flexibility index (Phi) is 5.22. The summed E-state index contributed by atoms with van der Waals surface area (Å²) >= 11 is 0.812. The Labute approximate surface area is 185 Å². The molecule has 28 heavy (non-hydrogen) atoms. The van der Waals surface area contributed by atoms with Crippen molar-refractivity contribution in [1.29, 1.82) is 0 Å². The van der Waals surface area contributed by atoms with Gasteiger partial charge in [-0.3, -0.25) is 0 Å². The molecule has 0 aromatic heterocycles. The van der Waals surface area contributed by atoms with Crippen molar-refractivity contribution in [2.45, 2.75) is 34.2 Å². The van der Waals surface area contributed by atoms with Gasteiger partial charge in [-0.2, -0.15) is 0 Å². The third-order valence-electron chi connectivity index (χ3n) is 6.66. The molecule has 147 valence electrons. The van der Waals surface area contributed by atoms with Crippen molar-refractivity contribution in [2.24, 2.45) is 0 Å². The van der Waals surface area contributed by atoms with Crippen molar-refractivity contribution in [3.05, 3.63) is 78.7 Å². The van der Waals surface area contributed by atoms with Gasteiger partial charge in [-0.15, -0.1) is 0 Å². The minimum atomic E-state index is -6.35. The van der Waals surface area contributed by atoms with E-state index < -0.39 is 32.3 Å². The Morgan fingerprint density at radius 2 is 1.18 bits per heavy atom. The van der Waals surface area contributed by atoms with Crippen LogP contribution in [0.2, 0.25) is 13.1 Å². The van der Waals surface area contributed by atoms with Crippen LogP contribution in [0.15, 0.2) is 56.5 Å². The number of rotatable bonds is 3. The number of halogens is 4. The van der Waals surface area contributed by atoms with E-state index >= 15 is 5.25 Å². The third-order valence-corrected chi connectivity index (χ3v) is 39.6. The molecule has 0 saturated carbocycles. The predicted molar refractivity (Wildman–Crippen MR) is 122 cm³/mol. The van der Waals surface area contributed by atoms with Crippen LogP contribution >= 0.6 is 31.9 Å². The first kappa shape index (κ1) is 21.1. The van der Waals surface area contributed by atoms with E-state index in [1.54, 1.807) is 0 Å². The van der Waals surface area contributed by atoms with Crippen LogP contribution in [-0.4, -0.2) is 5.92 Å². The Morgan fingerprint density at radius 3 is 1.54 bits per heavy atom. The summed E-state index contributed by atoms with van der Waals surface area (Å²) in [6, 6.07) is 11.6.